The molecule has 2 rings (SSSR count). The number of amides is 1. The third kappa shape index (κ3) is 1.71. The number of halogens is 1. The summed E-state index contributed by atoms with van der Waals surface area (Å²) >= 11 is 0. The molecule has 4 nitrogen and oxygen atoms in total. The first kappa shape index (κ1) is 9.77. The Labute approximate surface area is 77.4 Å². The molecule has 0 bridgehead atoms. The molecule has 2 heterocycles. The summed E-state index contributed by atoms with van der Waals surface area (Å²) in [6.45, 7) is 2.75. The van der Waals surface area contributed by atoms with Gasteiger partial charge in [0.1, 0.15) is 6.61 Å². The Morgan fingerprint density at radius 1 is 1.42 bits per heavy atom. The lowest BCUT2D eigenvalue weighted by Gasteiger charge is -2.32. The molecule has 0 radical (unpaired) electrons. The fraction of sp³-hybridized carbons (Fsp3) is 0.857. The van der Waals surface area contributed by atoms with Crippen LogP contribution in [0, 0.1) is 0 Å². The van der Waals surface area contributed by atoms with Crippen LogP contribution in [0.3, 0.4) is 0 Å². The van der Waals surface area contributed by atoms with Crippen molar-refractivity contribution in [1.29, 1.82) is 0 Å². The molecule has 70 valence electrons. The van der Waals surface area contributed by atoms with Gasteiger partial charge in [0.2, 0.25) is 5.91 Å². The fourth-order valence-electron chi connectivity index (χ4n) is 1.58. The van der Waals surface area contributed by atoms with Gasteiger partial charge in [0.25, 0.3) is 0 Å². The van der Waals surface area contributed by atoms with Crippen molar-refractivity contribution in [3.05, 3.63) is 0 Å². The van der Waals surface area contributed by atoms with E-state index >= 15 is 0 Å². The highest BCUT2D eigenvalue weighted by molar-refractivity contribution is 5.85. The second kappa shape index (κ2) is 3.60. The molecule has 1 spiro atoms. The molecular formula is C7H13ClN2O2. The van der Waals surface area contributed by atoms with Crippen LogP contribution in [0.2, 0.25) is 0 Å². The van der Waals surface area contributed by atoms with E-state index in [1.807, 2.05) is 0 Å². The molecule has 0 aromatic rings. The summed E-state index contributed by atoms with van der Waals surface area (Å²) < 4.78 is 5.46. The third-order valence-electron chi connectivity index (χ3n) is 2.32. The molecule has 2 saturated heterocycles. The standard InChI is InChI=1S/C7H12N2O2.ClH/c10-6-3-11-7(5-9-6)1-2-8-4-7;/h8H,1-5H2,(H,9,10);1H. The van der Waals surface area contributed by atoms with Gasteiger partial charge in [-0.25, -0.2) is 0 Å². The summed E-state index contributed by atoms with van der Waals surface area (Å²) in [6.07, 6.45) is 1.01. The quantitative estimate of drug-likeness (QED) is 0.533. The van der Waals surface area contributed by atoms with Crippen LogP contribution < -0.4 is 10.6 Å². The lowest BCUT2D eigenvalue weighted by atomic mass is 10.0. The minimum absolute atomic E-state index is 0. The zero-order valence-corrected chi connectivity index (χ0v) is 7.58. The zero-order valence-electron chi connectivity index (χ0n) is 6.76. The van der Waals surface area contributed by atoms with Crippen molar-refractivity contribution in [2.75, 3.05) is 26.2 Å². The number of nitrogens with one attached hydrogen (secondary N) is 2. The third-order valence-corrected chi connectivity index (χ3v) is 2.32. The highest BCUT2D eigenvalue weighted by Crippen LogP contribution is 2.20. The predicted octanol–water partition coefficient (Wildman–Crippen LogP) is -0.713. The molecule has 1 amide bonds. The molecule has 2 fully saturated rings. The normalized spacial score (nSPS) is 34.5. The Balaban J connectivity index is 0.000000720. The van der Waals surface area contributed by atoms with Crippen molar-refractivity contribution in [2.24, 2.45) is 0 Å². The van der Waals surface area contributed by atoms with Crippen molar-refractivity contribution in [2.45, 2.75) is 12.0 Å². The van der Waals surface area contributed by atoms with Gasteiger partial charge in [0.15, 0.2) is 0 Å². The second-order valence-electron chi connectivity index (χ2n) is 3.18. The molecule has 2 N–H and O–H groups in total. The minimum Gasteiger partial charge on any atom is -0.362 e. The maximum Gasteiger partial charge on any atom is 0.246 e. The minimum atomic E-state index is -0.0894. The van der Waals surface area contributed by atoms with Gasteiger partial charge >= 0.3 is 0 Å². The zero-order chi connectivity index (χ0) is 7.73. The van der Waals surface area contributed by atoms with Gasteiger partial charge in [-0.1, -0.05) is 0 Å². The Bertz CT molecular complexity index is 168. The van der Waals surface area contributed by atoms with Crippen LogP contribution in [0.25, 0.3) is 0 Å². The summed E-state index contributed by atoms with van der Waals surface area (Å²) in [5.74, 6) is 0.00234. The van der Waals surface area contributed by atoms with Crippen LogP contribution in [0.15, 0.2) is 0 Å². The second-order valence-corrected chi connectivity index (χ2v) is 3.18. The van der Waals surface area contributed by atoms with E-state index < -0.39 is 0 Å². The van der Waals surface area contributed by atoms with Crippen molar-refractivity contribution >= 4 is 18.3 Å². The maximum absolute atomic E-state index is 10.7. The molecule has 0 aliphatic carbocycles. The highest BCUT2D eigenvalue weighted by Gasteiger charge is 2.38. The first-order chi connectivity index (χ1) is 5.31. The van der Waals surface area contributed by atoms with Crippen LogP contribution in [0.5, 0.6) is 0 Å². The largest absolute Gasteiger partial charge is 0.362 e. The molecule has 5 heteroatoms. The summed E-state index contributed by atoms with van der Waals surface area (Å²) in [5, 5.41) is 6.03. The lowest BCUT2D eigenvalue weighted by molar-refractivity contribution is -0.141. The molecule has 0 aromatic carbocycles. The molecule has 0 aromatic heterocycles. The number of hydrogen-bond acceptors (Lipinski definition) is 3. The van der Waals surface area contributed by atoms with E-state index in [1.165, 1.54) is 0 Å². The Hall–Kier alpha value is -0.320. The van der Waals surface area contributed by atoms with Crippen LogP contribution in [0.1, 0.15) is 6.42 Å². The molecule has 0 saturated carbocycles. The van der Waals surface area contributed by atoms with Crippen molar-refractivity contribution in [3.63, 3.8) is 0 Å². The number of carbonyl (C=O) groups is 1. The molecule has 2 aliphatic rings. The Morgan fingerprint density at radius 2 is 2.25 bits per heavy atom. The number of ether oxygens (including phenoxy) is 1. The molecule has 2 aliphatic heterocycles. The van der Waals surface area contributed by atoms with E-state index in [1.54, 1.807) is 0 Å². The van der Waals surface area contributed by atoms with Gasteiger partial charge in [0.05, 0.1) is 5.60 Å². The predicted molar refractivity (Wildman–Crippen MR) is 46.4 cm³/mol. The summed E-state index contributed by atoms with van der Waals surface area (Å²) in [7, 11) is 0. The Morgan fingerprint density at radius 3 is 2.75 bits per heavy atom. The first-order valence-electron chi connectivity index (χ1n) is 3.92. The van der Waals surface area contributed by atoms with Crippen molar-refractivity contribution < 1.29 is 9.53 Å². The highest BCUT2D eigenvalue weighted by atomic mass is 35.5. The van der Waals surface area contributed by atoms with Crippen LogP contribution in [-0.4, -0.2) is 37.7 Å². The smallest absolute Gasteiger partial charge is 0.246 e. The van der Waals surface area contributed by atoms with Gasteiger partial charge in [-0.3, -0.25) is 4.79 Å². The topological polar surface area (TPSA) is 50.4 Å². The van der Waals surface area contributed by atoms with Gasteiger partial charge < -0.3 is 15.4 Å². The van der Waals surface area contributed by atoms with E-state index in [-0.39, 0.29) is 30.5 Å². The summed E-state index contributed by atoms with van der Waals surface area (Å²) in [5.41, 5.74) is -0.0894. The maximum atomic E-state index is 10.7. The van der Waals surface area contributed by atoms with Crippen LogP contribution in [-0.2, 0) is 9.53 Å². The van der Waals surface area contributed by atoms with Gasteiger partial charge in [-0.2, -0.15) is 0 Å². The summed E-state index contributed by atoms with van der Waals surface area (Å²) in [6, 6.07) is 0. The number of hydrogen-bond donors (Lipinski definition) is 2. The van der Waals surface area contributed by atoms with E-state index in [2.05, 4.69) is 10.6 Å². The Kier molecular flexibility index (Phi) is 2.93. The number of carbonyl (C=O) groups excluding carboxylic acids is 1. The van der Waals surface area contributed by atoms with E-state index in [9.17, 15) is 4.79 Å². The summed E-state index contributed by atoms with van der Waals surface area (Å²) in [4.78, 5) is 10.7. The van der Waals surface area contributed by atoms with Crippen LogP contribution >= 0.6 is 12.4 Å². The number of morpholine rings is 1. The van der Waals surface area contributed by atoms with E-state index in [4.69, 9.17) is 4.74 Å². The SMILES string of the molecule is Cl.O=C1COC2(CCNC2)CN1. The van der Waals surface area contributed by atoms with Gasteiger partial charge in [0, 0.05) is 13.1 Å². The van der Waals surface area contributed by atoms with Crippen molar-refractivity contribution in [3.8, 4) is 0 Å². The fourth-order valence-corrected chi connectivity index (χ4v) is 1.58. The van der Waals surface area contributed by atoms with E-state index in [0.29, 0.717) is 6.54 Å². The number of rotatable bonds is 0. The molecule has 1 unspecified atom stereocenters. The van der Waals surface area contributed by atoms with Crippen LogP contribution in [0.4, 0.5) is 0 Å². The van der Waals surface area contributed by atoms with Gasteiger partial charge in [-0.15, -0.1) is 12.4 Å². The first-order valence-corrected chi connectivity index (χ1v) is 3.92. The lowest BCUT2D eigenvalue weighted by Crippen LogP contribution is -2.53. The van der Waals surface area contributed by atoms with E-state index in [0.717, 1.165) is 19.5 Å². The average molecular weight is 193 g/mol. The van der Waals surface area contributed by atoms with Crippen molar-refractivity contribution in [1.82, 2.24) is 10.6 Å². The molecular weight excluding hydrogens is 180 g/mol. The van der Waals surface area contributed by atoms with Gasteiger partial charge in [-0.05, 0) is 13.0 Å². The molecule has 12 heavy (non-hydrogen) atoms. The monoisotopic (exact) mass is 192 g/mol. The molecule has 1 atom stereocenters. The average Bonchev–Trinajstić information content (AvgIpc) is 2.45.